The smallest absolute Gasteiger partial charge is 0.129 e. The van der Waals surface area contributed by atoms with E-state index in [0.29, 0.717) is 23.3 Å². The average molecular weight is 295 g/mol. The lowest BCUT2D eigenvalue weighted by molar-refractivity contribution is 0.195. The summed E-state index contributed by atoms with van der Waals surface area (Å²) in [5, 5.41) is 3.60. The molecule has 1 nitrogen and oxygen atoms in total. The summed E-state index contributed by atoms with van der Waals surface area (Å²) in [5.74, 6) is -0.377. The van der Waals surface area contributed by atoms with Gasteiger partial charge in [0.05, 0.1) is 0 Å². The fourth-order valence-corrected chi connectivity index (χ4v) is 3.71. The van der Waals surface area contributed by atoms with Gasteiger partial charge in [0.25, 0.3) is 0 Å². The maximum absolute atomic E-state index is 13.9. The van der Waals surface area contributed by atoms with Crippen molar-refractivity contribution < 1.29 is 8.78 Å². The Kier molecular flexibility index (Phi) is 5.37. The van der Waals surface area contributed by atoms with Crippen LogP contribution in [0.1, 0.15) is 52.0 Å². The van der Waals surface area contributed by atoms with E-state index in [1.54, 1.807) is 6.07 Å². The lowest BCUT2D eigenvalue weighted by Crippen LogP contribution is -2.42. The van der Waals surface area contributed by atoms with E-state index in [1.165, 1.54) is 25.3 Å². The van der Waals surface area contributed by atoms with E-state index in [9.17, 15) is 8.78 Å². The van der Waals surface area contributed by atoms with Crippen LogP contribution in [0.15, 0.2) is 18.2 Å². The van der Waals surface area contributed by atoms with Gasteiger partial charge in [-0.3, -0.25) is 0 Å². The fraction of sp³-hybridized carbons (Fsp3) is 0.667. The first-order valence-corrected chi connectivity index (χ1v) is 8.11. The van der Waals surface area contributed by atoms with Crippen molar-refractivity contribution in [3.63, 3.8) is 0 Å². The molecule has 118 valence electrons. The second kappa shape index (κ2) is 6.87. The first-order valence-electron chi connectivity index (χ1n) is 8.11. The summed E-state index contributed by atoms with van der Waals surface area (Å²) in [6.07, 6.45) is 5.37. The average Bonchev–Trinajstić information content (AvgIpc) is 2.76. The van der Waals surface area contributed by atoms with Crippen molar-refractivity contribution in [1.82, 2.24) is 5.32 Å². The summed E-state index contributed by atoms with van der Waals surface area (Å²) in [5.41, 5.74) is 0.912. The third kappa shape index (κ3) is 4.03. The third-order valence-electron chi connectivity index (χ3n) is 4.94. The molecular weight excluding hydrogens is 268 g/mol. The Morgan fingerprint density at radius 2 is 2.10 bits per heavy atom. The van der Waals surface area contributed by atoms with Crippen LogP contribution in [0.25, 0.3) is 0 Å². The molecule has 0 aromatic heterocycles. The summed E-state index contributed by atoms with van der Waals surface area (Å²) in [6.45, 7) is 7.71. The number of halogens is 2. The Balaban J connectivity index is 2.16. The van der Waals surface area contributed by atoms with Gasteiger partial charge in [0.1, 0.15) is 11.6 Å². The standard InChI is InChI=1S/C18H27F2N/c1-4-10-21-17(15-6-5-9-18(15,2)3)11-13-7-8-14(19)12-16(13)20/h7-8,12,15,17,21H,4-6,9-11H2,1-3H3. The topological polar surface area (TPSA) is 12.0 Å². The van der Waals surface area contributed by atoms with Gasteiger partial charge in [0, 0.05) is 12.1 Å². The minimum absolute atomic E-state index is 0.266. The molecule has 1 aliphatic carbocycles. The van der Waals surface area contributed by atoms with Gasteiger partial charge >= 0.3 is 0 Å². The second-order valence-electron chi connectivity index (χ2n) is 6.99. The first kappa shape index (κ1) is 16.4. The molecule has 1 aromatic carbocycles. The van der Waals surface area contributed by atoms with E-state index in [2.05, 4.69) is 26.1 Å². The zero-order valence-corrected chi connectivity index (χ0v) is 13.4. The Labute approximate surface area is 127 Å². The van der Waals surface area contributed by atoms with Crippen molar-refractivity contribution >= 4 is 0 Å². The largest absolute Gasteiger partial charge is 0.313 e. The van der Waals surface area contributed by atoms with Gasteiger partial charge in [-0.25, -0.2) is 8.78 Å². The molecule has 0 saturated heterocycles. The minimum Gasteiger partial charge on any atom is -0.313 e. The highest BCUT2D eigenvalue weighted by Gasteiger charge is 2.39. The van der Waals surface area contributed by atoms with Crippen LogP contribution in [0.3, 0.4) is 0 Å². The number of hydrogen-bond donors (Lipinski definition) is 1. The molecule has 0 amide bonds. The van der Waals surface area contributed by atoms with E-state index in [4.69, 9.17) is 0 Å². The highest BCUT2D eigenvalue weighted by atomic mass is 19.1. The van der Waals surface area contributed by atoms with Crippen molar-refractivity contribution in [3.8, 4) is 0 Å². The van der Waals surface area contributed by atoms with E-state index >= 15 is 0 Å². The molecule has 3 heteroatoms. The molecule has 0 heterocycles. The summed E-state index contributed by atoms with van der Waals surface area (Å²) >= 11 is 0. The van der Waals surface area contributed by atoms with Gasteiger partial charge < -0.3 is 5.32 Å². The monoisotopic (exact) mass is 295 g/mol. The molecule has 1 aromatic rings. The predicted octanol–water partition coefficient (Wildman–Crippen LogP) is 4.70. The first-order chi connectivity index (χ1) is 9.94. The van der Waals surface area contributed by atoms with Crippen LogP contribution < -0.4 is 5.32 Å². The van der Waals surface area contributed by atoms with Crippen LogP contribution in [0.5, 0.6) is 0 Å². The summed E-state index contributed by atoms with van der Waals surface area (Å²) in [4.78, 5) is 0. The molecule has 0 bridgehead atoms. The third-order valence-corrected chi connectivity index (χ3v) is 4.94. The minimum atomic E-state index is -0.504. The summed E-state index contributed by atoms with van der Waals surface area (Å²) < 4.78 is 27.0. The Hall–Kier alpha value is -0.960. The lowest BCUT2D eigenvalue weighted by atomic mass is 9.76. The number of benzene rings is 1. The molecule has 1 fully saturated rings. The van der Waals surface area contributed by atoms with Crippen LogP contribution in [-0.4, -0.2) is 12.6 Å². The molecule has 0 aliphatic heterocycles. The molecule has 0 spiro atoms. The van der Waals surface area contributed by atoms with Gasteiger partial charge in [0.2, 0.25) is 0 Å². The summed E-state index contributed by atoms with van der Waals surface area (Å²) in [7, 11) is 0. The van der Waals surface area contributed by atoms with E-state index < -0.39 is 11.6 Å². The molecule has 1 N–H and O–H groups in total. The lowest BCUT2D eigenvalue weighted by Gasteiger charge is -2.35. The zero-order chi connectivity index (χ0) is 15.5. The van der Waals surface area contributed by atoms with Crippen molar-refractivity contribution in [3.05, 3.63) is 35.4 Å². The van der Waals surface area contributed by atoms with Gasteiger partial charge in [-0.2, -0.15) is 0 Å². The number of nitrogens with one attached hydrogen (secondary N) is 1. The maximum atomic E-state index is 13.9. The van der Waals surface area contributed by atoms with Crippen molar-refractivity contribution in [1.29, 1.82) is 0 Å². The van der Waals surface area contributed by atoms with Gasteiger partial charge in [-0.15, -0.1) is 0 Å². The van der Waals surface area contributed by atoms with Crippen LogP contribution in [0, 0.1) is 23.0 Å². The van der Waals surface area contributed by atoms with Gasteiger partial charge in [-0.1, -0.05) is 33.3 Å². The Bertz CT molecular complexity index is 470. The second-order valence-corrected chi connectivity index (χ2v) is 6.99. The van der Waals surface area contributed by atoms with Gasteiger partial charge in [-0.05, 0) is 55.2 Å². The summed E-state index contributed by atoms with van der Waals surface area (Å²) in [6, 6.07) is 4.20. The highest BCUT2D eigenvalue weighted by Crippen LogP contribution is 2.45. The zero-order valence-electron chi connectivity index (χ0n) is 13.4. The number of hydrogen-bond acceptors (Lipinski definition) is 1. The quantitative estimate of drug-likeness (QED) is 0.802. The molecule has 21 heavy (non-hydrogen) atoms. The van der Waals surface area contributed by atoms with Crippen LogP contribution in [0.4, 0.5) is 8.78 Å². The van der Waals surface area contributed by atoms with Crippen LogP contribution >= 0.6 is 0 Å². The van der Waals surface area contributed by atoms with E-state index in [1.807, 2.05) is 0 Å². The highest BCUT2D eigenvalue weighted by molar-refractivity contribution is 5.20. The SMILES string of the molecule is CCCNC(Cc1ccc(F)cc1F)C1CCCC1(C)C. The van der Waals surface area contributed by atoms with Crippen molar-refractivity contribution in [2.45, 2.75) is 58.9 Å². The Morgan fingerprint density at radius 1 is 1.33 bits per heavy atom. The normalized spacial score (nSPS) is 22.4. The molecule has 0 radical (unpaired) electrons. The number of rotatable bonds is 6. The molecule has 1 saturated carbocycles. The molecule has 2 unspecified atom stereocenters. The molecular formula is C18H27F2N. The molecule has 2 atom stereocenters. The van der Waals surface area contributed by atoms with Crippen LogP contribution in [0.2, 0.25) is 0 Å². The van der Waals surface area contributed by atoms with E-state index in [-0.39, 0.29) is 6.04 Å². The van der Waals surface area contributed by atoms with Crippen molar-refractivity contribution in [2.75, 3.05) is 6.54 Å². The van der Waals surface area contributed by atoms with E-state index in [0.717, 1.165) is 19.0 Å². The molecule has 1 aliphatic rings. The van der Waals surface area contributed by atoms with Crippen molar-refractivity contribution in [2.24, 2.45) is 11.3 Å². The predicted molar refractivity (Wildman–Crippen MR) is 83.3 cm³/mol. The van der Waals surface area contributed by atoms with Crippen LogP contribution in [-0.2, 0) is 6.42 Å². The molecule has 2 rings (SSSR count). The van der Waals surface area contributed by atoms with Gasteiger partial charge in [0.15, 0.2) is 0 Å². The Morgan fingerprint density at radius 3 is 2.67 bits per heavy atom. The fourth-order valence-electron chi connectivity index (χ4n) is 3.71. The maximum Gasteiger partial charge on any atom is 0.129 e.